The zero-order valence-electron chi connectivity index (χ0n) is 12.6. The molecule has 2 heterocycles. The predicted octanol–water partition coefficient (Wildman–Crippen LogP) is 2.94. The monoisotopic (exact) mass is 275 g/mol. The number of piperidine rings is 1. The standard InChI is InChI=1S/C17H25NO2/c1-14-3-5-16(6-4-14)15(2)13-18-9-7-17(8-10-18)19-11-12-20-17/h3-6,15H,7-13H2,1-2H3. The maximum absolute atomic E-state index is 5.78. The average Bonchev–Trinajstić information content (AvgIpc) is 2.91. The molecule has 1 aromatic carbocycles. The van der Waals surface area contributed by atoms with Gasteiger partial charge in [-0.1, -0.05) is 36.8 Å². The number of hydrogen-bond acceptors (Lipinski definition) is 3. The van der Waals surface area contributed by atoms with Crippen LogP contribution in [0.25, 0.3) is 0 Å². The van der Waals surface area contributed by atoms with E-state index in [1.165, 1.54) is 11.1 Å². The third kappa shape index (κ3) is 3.05. The molecule has 0 N–H and O–H groups in total. The molecular formula is C17H25NO2. The third-order valence-corrected chi connectivity index (χ3v) is 4.61. The molecule has 3 rings (SSSR count). The Bertz CT molecular complexity index is 427. The van der Waals surface area contributed by atoms with Crippen LogP contribution in [0.5, 0.6) is 0 Å². The van der Waals surface area contributed by atoms with Crippen molar-refractivity contribution in [2.24, 2.45) is 0 Å². The highest BCUT2D eigenvalue weighted by molar-refractivity contribution is 5.24. The molecule has 0 bridgehead atoms. The highest BCUT2D eigenvalue weighted by atomic mass is 16.7. The molecule has 2 aliphatic rings. The van der Waals surface area contributed by atoms with Gasteiger partial charge in [-0.15, -0.1) is 0 Å². The van der Waals surface area contributed by atoms with Gasteiger partial charge in [-0.2, -0.15) is 0 Å². The quantitative estimate of drug-likeness (QED) is 0.846. The van der Waals surface area contributed by atoms with E-state index in [4.69, 9.17) is 9.47 Å². The van der Waals surface area contributed by atoms with E-state index in [0.29, 0.717) is 5.92 Å². The number of hydrogen-bond donors (Lipinski definition) is 0. The average molecular weight is 275 g/mol. The fourth-order valence-electron chi connectivity index (χ4n) is 3.25. The normalized spacial score (nSPS) is 24.1. The van der Waals surface area contributed by atoms with Gasteiger partial charge >= 0.3 is 0 Å². The first-order valence-corrected chi connectivity index (χ1v) is 7.74. The van der Waals surface area contributed by atoms with E-state index in [9.17, 15) is 0 Å². The van der Waals surface area contributed by atoms with Crippen LogP contribution in [0, 0.1) is 6.92 Å². The summed E-state index contributed by atoms with van der Waals surface area (Å²) in [6.45, 7) is 9.27. The van der Waals surface area contributed by atoms with Crippen molar-refractivity contribution in [3.63, 3.8) is 0 Å². The van der Waals surface area contributed by atoms with Crippen molar-refractivity contribution in [2.75, 3.05) is 32.8 Å². The van der Waals surface area contributed by atoms with Gasteiger partial charge in [-0.05, 0) is 18.4 Å². The summed E-state index contributed by atoms with van der Waals surface area (Å²) < 4.78 is 11.6. The number of likely N-dealkylation sites (tertiary alicyclic amines) is 1. The maximum Gasteiger partial charge on any atom is 0.170 e. The van der Waals surface area contributed by atoms with E-state index >= 15 is 0 Å². The van der Waals surface area contributed by atoms with E-state index in [2.05, 4.69) is 43.0 Å². The summed E-state index contributed by atoms with van der Waals surface area (Å²) in [7, 11) is 0. The van der Waals surface area contributed by atoms with Gasteiger partial charge in [0.1, 0.15) is 0 Å². The molecule has 0 saturated carbocycles. The van der Waals surface area contributed by atoms with Crippen molar-refractivity contribution in [1.82, 2.24) is 4.90 Å². The molecule has 20 heavy (non-hydrogen) atoms. The lowest BCUT2D eigenvalue weighted by atomic mass is 9.97. The Morgan fingerprint density at radius 1 is 1.10 bits per heavy atom. The first-order valence-electron chi connectivity index (χ1n) is 7.74. The fraction of sp³-hybridized carbons (Fsp3) is 0.647. The van der Waals surface area contributed by atoms with Gasteiger partial charge in [-0.25, -0.2) is 0 Å². The number of rotatable bonds is 3. The van der Waals surface area contributed by atoms with E-state index < -0.39 is 0 Å². The van der Waals surface area contributed by atoms with Crippen LogP contribution in [-0.4, -0.2) is 43.5 Å². The number of ether oxygens (including phenoxy) is 2. The van der Waals surface area contributed by atoms with Crippen molar-refractivity contribution in [2.45, 2.75) is 38.4 Å². The Morgan fingerprint density at radius 3 is 2.30 bits per heavy atom. The minimum Gasteiger partial charge on any atom is -0.347 e. The SMILES string of the molecule is Cc1ccc(C(C)CN2CCC3(CC2)OCCO3)cc1. The molecule has 110 valence electrons. The van der Waals surface area contributed by atoms with Crippen LogP contribution in [0.15, 0.2) is 24.3 Å². The minimum atomic E-state index is -0.246. The Balaban J connectivity index is 1.52. The predicted molar refractivity (Wildman–Crippen MR) is 79.9 cm³/mol. The fourth-order valence-corrected chi connectivity index (χ4v) is 3.25. The highest BCUT2D eigenvalue weighted by Gasteiger charge is 2.39. The maximum atomic E-state index is 5.78. The lowest BCUT2D eigenvalue weighted by Crippen LogP contribution is -2.46. The molecule has 2 fully saturated rings. The number of aryl methyl sites for hydroxylation is 1. The van der Waals surface area contributed by atoms with Crippen LogP contribution in [0.2, 0.25) is 0 Å². The van der Waals surface area contributed by atoms with Crippen LogP contribution in [0.4, 0.5) is 0 Å². The van der Waals surface area contributed by atoms with Crippen LogP contribution in [-0.2, 0) is 9.47 Å². The second-order valence-corrected chi connectivity index (χ2v) is 6.22. The first-order chi connectivity index (χ1) is 9.67. The summed E-state index contributed by atoms with van der Waals surface area (Å²) in [4.78, 5) is 2.54. The molecule has 0 radical (unpaired) electrons. The Labute approximate surface area is 121 Å². The lowest BCUT2D eigenvalue weighted by Gasteiger charge is -2.38. The van der Waals surface area contributed by atoms with Crippen LogP contribution in [0.1, 0.15) is 36.8 Å². The summed E-state index contributed by atoms with van der Waals surface area (Å²) in [5, 5.41) is 0. The molecule has 1 aromatic rings. The third-order valence-electron chi connectivity index (χ3n) is 4.61. The second kappa shape index (κ2) is 5.84. The van der Waals surface area contributed by atoms with Gasteiger partial charge < -0.3 is 14.4 Å². The molecule has 2 aliphatic heterocycles. The molecule has 0 amide bonds. The largest absolute Gasteiger partial charge is 0.347 e. The van der Waals surface area contributed by atoms with Crippen LogP contribution in [0.3, 0.4) is 0 Å². The van der Waals surface area contributed by atoms with E-state index in [1.807, 2.05) is 0 Å². The van der Waals surface area contributed by atoms with E-state index in [-0.39, 0.29) is 5.79 Å². The van der Waals surface area contributed by atoms with Gasteiger partial charge in [0.15, 0.2) is 5.79 Å². The second-order valence-electron chi connectivity index (χ2n) is 6.22. The Morgan fingerprint density at radius 2 is 1.70 bits per heavy atom. The van der Waals surface area contributed by atoms with E-state index in [1.54, 1.807) is 0 Å². The zero-order valence-corrected chi connectivity index (χ0v) is 12.6. The van der Waals surface area contributed by atoms with Crippen LogP contribution >= 0.6 is 0 Å². The van der Waals surface area contributed by atoms with Crippen molar-refractivity contribution in [1.29, 1.82) is 0 Å². The van der Waals surface area contributed by atoms with Crippen molar-refractivity contribution in [3.05, 3.63) is 35.4 Å². The van der Waals surface area contributed by atoms with E-state index in [0.717, 1.165) is 45.7 Å². The molecule has 0 aromatic heterocycles. The summed E-state index contributed by atoms with van der Waals surface area (Å²) in [6.07, 6.45) is 2.02. The van der Waals surface area contributed by atoms with Crippen molar-refractivity contribution in [3.8, 4) is 0 Å². The summed E-state index contributed by atoms with van der Waals surface area (Å²) >= 11 is 0. The molecule has 1 unspecified atom stereocenters. The van der Waals surface area contributed by atoms with Gasteiger partial charge in [0.05, 0.1) is 13.2 Å². The molecule has 1 spiro atoms. The minimum absolute atomic E-state index is 0.246. The summed E-state index contributed by atoms with van der Waals surface area (Å²) in [5.74, 6) is 0.332. The lowest BCUT2D eigenvalue weighted by molar-refractivity contribution is -0.185. The smallest absolute Gasteiger partial charge is 0.170 e. The number of benzene rings is 1. The van der Waals surface area contributed by atoms with Gasteiger partial charge in [-0.3, -0.25) is 0 Å². The molecule has 0 aliphatic carbocycles. The summed E-state index contributed by atoms with van der Waals surface area (Å²) in [6, 6.07) is 8.93. The van der Waals surface area contributed by atoms with Gasteiger partial charge in [0.25, 0.3) is 0 Å². The Kier molecular flexibility index (Phi) is 4.11. The first kappa shape index (κ1) is 14.1. The molecule has 2 saturated heterocycles. The number of nitrogens with zero attached hydrogens (tertiary/aromatic N) is 1. The molecular weight excluding hydrogens is 250 g/mol. The van der Waals surface area contributed by atoms with Gasteiger partial charge in [0.2, 0.25) is 0 Å². The van der Waals surface area contributed by atoms with Crippen LogP contribution < -0.4 is 0 Å². The highest BCUT2D eigenvalue weighted by Crippen LogP contribution is 2.32. The van der Waals surface area contributed by atoms with Gasteiger partial charge in [0, 0.05) is 32.5 Å². The van der Waals surface area contributed by atoms with Crippen molar-refractivity contribution >= 4 is 0 Å². The Hall–Kier alpha value is -0.900. The molecule has 1 atom stereocenters. The van der Waals surface area contributed by atoms with Crippen molar-refractivity contribution < 1.29 is 9.47 Å². The molecule has 3 nitrogen and oxygen atoms in total. The topological polar surface area (TPSA) is 21.7 Å². The zero-order chi connectivity index (χ0) is 14.0. The molecule has 3 heteroatoms. The summed E-state index contributed by atoms with van der Waals surface area (Å²) in [5.41, 5.74) is 2.76.